The maximum Gasteiger partial charge on any atom is 0.126 e. The molecule has 0 bridgehead atoms. The molecule has 1 aromatic rings. The van der Waals surface area contributed by atoms with Gasteiger partial charge in [-0.15, -0.1) is 12.4 Å². The Kier molecular flexibility index (Phi) is 4.04. The Hall–Kier alpha value is -0.760. The fourth-order valence-electron chi connectivity index (χ4n) is 1.00. The lowest BCUT2D eigenvalue weighted by Crippen LogP contribution is -1.95. The minimum Gasteiger partial charge on any atom is -0.399 e. The van der Waals surface area contributed by atoms with Crippen molar-refractivity contribution >= 4 is 18.1 Å². The van der Waals surface area contributed by atoms with Crippen LogP contribution in [0.15, 0.2) is 18.2 Å². The molecule has 0 heterocycles. The monoisotopic (exact) mass is 189 g/mol. The Morgan fingerprint density at radius 1 is 1.33 bits per heavy atom. The van der Waals surface area contributed by atoms with Crippen molar-refractivity contribution in [2.24, 2.45) is 0 Å². The Morgan fingerprint density at radius 2 is 1.92 bits per heavy atom. The van der Waals surface area contributed by atoms with Crippen LogP contribution in [0.4, 0.5) is 10.1 Å². The lowest BCUT2D eigenvalue weighted by atomic mass is 10.0. The maximum atomic E-state index is 13.0. The van der Waals surface area contributed by atoms with Crippen LogP contribution in [-0.4, -0.2) is 0 Å². The van der Waals surface area contributed by atoms with Crippen molar-refractivity contribution < 1.29 is 4.39 Å². The second-order valence-corrected chi connectivity index (χ2v) is 2.94. The van der Waals surface area contributed by atoms with Crippen LogP contribution in [0.3, 0.4) is 0 Å². The van der Waals surface area contributed by atoms with Crippen molar-refractivity contribution in [3.63, 3.8) is 0 Å². The Morgan fingerprint density at radius 3 is 2.33 bits per heavy atom. The lowest BCUT2D eigenvalue weighted by molar-refractivity contribution is 0.598. The highest BCUT2D eigenvalue weighted by Gasteiger charge is 2.05. The first-order valence-electron chi connectivity index (χ1n) is 3.66. The molecule has 0 fully saturated rings. The van der Waals surface area contributed by atoms with E-state index in [0.29, 0.717) is 11.3 Å². The summed E-state index contributed by atoms with van der Waals surface area (Å²) in [6.45, 7) is 3.88. The Bertz CT molecular complexity index is 261. The number of nitrogens with two attached hydrogens (primary N) is 1. The molecule has 0 spiro atoms. The van der Waals surface area contributed by atoms with Gasteiger partial charge in [0.2, 0.25) is 0 Å². The molecule has 0 aromatic heterocycles. The van der Waals surface area contributed by atoms with Crippen molar-refractivity contribution in [3.8, 4) is 0 Å². The van der Waals surface area contributed by atoms with Crippen LogP contribution in [0, 0.1) is 5.82 Å². The van der Waals surface area contributed by atoms with Crippen molar-refractivity contribution in [3.05, 3.63) is 29.6 Å². The highest BCUT2D eigenvalue weighted by Crippen LogP contribution is 2.20. The summed E-state index contributed by atoms with van der Waals surface area (Å²) < 4.78 is 13.0. The zero-order valence-electron chi connectivity index (χ0n) is 7.17. The summed E-state index contributed by atoms with van der Waals surface area (Å²) >= 11 is 0. The van der Waals surface area contributed by atoms with Crippen LogP contribution in [-0.2, 0) is 0 Å². The van der Waals surface area contributed by atoms with Crippen molar-refractivity contribution in [2.45, 2.75) is 19.8 Å². The van der Waals surface area contributed by atoms with E-state index in [0.717, 1.165) is 0 Å². The van der Waals surface area contributed by atoms with Crippen molar-refractivity contribution in [1.82, 2.24) is 0 Å². The third-order valence-corrected chi connectivity index (χ3v) is 1.64. The molecule has 0 radical (unpaired) electrons. The van der Waals surface area contributed by atoms with Gasteiger partial charge in [-0.05, 0) is 29.7 Å². The molecular formula is C9H13ClFN. The molecule has 0 unspecified atom stereocenters. The van der Waals surface area contributed by atoms with Gasteiger partial charge in [0.1, 0.15) is 5.82 Å². The first kappa shape index (κ1) is 11.2. The molecule has 2 N–H and O–H groups in total. The highest BCUT2D eigenvalue weighted by molar-refractivity contribution is 5.85. The topological polar surface area (TPSA) is 26.0 Å². The van der Waals surface area contributed by atoms with Crippen LogP contribution >= 0.6 is 12.4 Å². The van der Waals surface area contributed by atoms with Gasteiger partial charge in [-0.3, -0.25) is 0 Å². The second kappa shape index (κ2) is 4.31. The first-order valence-corrected chi connectivity index (χ1v) is 3.66. The standard InChI is InChI=1S/C9H12FN.ClH/c1-6(2)8-5-7(11)3-4-9(8)10;/h3-6H,11H2,1-2H3;1H. The van der Waals surface area contributed by atoms with Crippen LogP contribution in [0.25, 0.3) is 0 Å². The predicted octanol–water partition coefficient (Wildman–Crippen LogP) is 2.95. The molecule has 0 saturated carbocycles. The van der Waals surface area contributed by atoms with E-state index in [9.17, 15) is 4.39 Å². The maximum absolute atomic E-state index is 13.0. The van der Waals surface area contributed by atoms with Gasteiger partial charge in [0.25, 0.3) is 0 Å². The molecule has 1 nitrogen and oxygen atoms in total. The summed E-state index contributed by atoms with van der Waals surface area (Å²) in [7, 11) is 0. The number of hydrogen-bond donors (Lipinski definition) is 1. The van der Waals surface area contributed by atoms with E-state index in [4.69, 9.17) is 5.73 Å². The van der Waals surface area contributed by atoms with Gasteiger partial charge in [0.05, 0.1) is 0 Å². The molecule has 0 aliphatic rings. The van der Waals surface area contributed by atoms with Crippen LogP contribution in [0.5, 0.6) is 0 Å². The van der Waals surface area contributed by atoms with Gasteiger partial charge < -0.3 is 5.73 Å². The highest BCUT2D eigenvalue weighted by atomic mass is 35.5. The zero-order valence-corrected chi connectivity index (χ0v) is 7.99. The largest absolute Gasteiger partial charge is 0.399 e. The molecule has 3 heteroatoms. The molecule has 0 amide bonds. The second-order valence-electron chi connectivity index (χ2n) is 2.94. The number of rotatable bonds is 1. The van der Waals surface area contributed by atoms with Gasteiger partial charge in [0, 0.05) is 5.69 Å². The minimum atomic E-state index is -0.172. The SMILES string of the molecule is CC(C)c1cc(N)ccc1F.Cl. The number of halogens is 2. The number of hydrogen-bond acceptors (Lipinski definition) is 1. The smallest absolute Gasteiger partial charge is 0.126 e. The minimum absolute atomic E-state index is 0. The summed E-state index contributed by atoms with van der Waals surface area (Å²) in [6.07, 6.45) is 0. The van der Waals surface area contributed by atoms with E-state index in [1.807, 2.05) is 13.8 Å². The molecule has 0 saturated heterocycles. The molecule has 68 valence electrons. The van der Waals surface area contributed by atoms with Crippen LogP contribution in [0.1, 0.15) is 25.3 Å². The normalized spacial score (nSPS) is 9.67. The average Bonchev–Trinajstić information content (AvgIpc) is 1.94. The van der Waals surface area contributed by atoms with Crippen molar-refractivity contribution in [1.29, 1.82) is 0 Å². The molecule has 0 aliphatic carbocycles. The van der Waals surface area contributed by atoms with Gasteiger partial charge in [0.15, 0.2) is 0 Å². The molecular weight excluding hydrogens is 177 g/mol. The molecule has 1 aromatic carbocycles. The van der Waals surface area contributed by atoms with E-state index >= 15 is 0 Å². The van der Waals surface area contributed by atoms with E-state index < -0.39 is 0 Å². The number of anilines is 1. The van der Waals surface area contributed by atoms with Crippen LogP contribution in [0.2, 0.25) is 0 Å². The van der Waals surface area contributed by atoms with Crippen LogP contribution < -0.4 is 5.73 Å². The molecule has 1 rings (SSSR count). The van der Waals surface area contributed by atoms with Gasteiger partial charge >= 0.3 is 0 Å². The van der Waals surface area contributed by atoms with E-state index in [-0.39, 0.29) is 24.1 Å². The predicted molar refractivity (Wildman–Crippen MR) is 52.1 cm³/mol. The number of nitrogen functional groups attached to an aromatic ring is 1. The summed E-state index contributed by atoms with van der Waals surface area (Å²) in [4.78, 5) is 0. The lowest BCUT2D eigenvalue weighted by Gasteiger charge is -2.06. The first-order chi connectivity index (χ1) is 5.11. The third kappa shape index (κ3) is 2.38. The van der Waals surface area contributed by atoms with Gasteiger partial charge in [-0.2, -0.15) is 0 Å². The summed E-state index contributed by atoms with van der Waals surface area (Å²) in [6, 6.07) is 4.66. The van der Waals surface area contributed by atoms with E-state index in [1.54, 1.807) is 12.1 Å². The number of benzene rings is 1. The summed E-state index contributed by atoms with van der Waals surface area (Å²) in [5, 5.41) is 0. The Balaban J connectivity index is 0.00000121. The molecule has 12 heavy (non-hydrogen) atoms. The van der Waals surface area contributed by atoms with E-state index in [1.165, 1.54) is 6.07 Å². The fraction of sp³-hybridized carbons (Fsp3) is 0.333. The molecule has 0 atom stereocenters. The van der Waals surface area contributed by atoms with Crippen molar-refractivity contribution in [2.75, 3.05) is 5.73 Å². The van der Waals surface area contributed by atoms with Gasteiger partial charge in [-0.25, -0.2) is 4.39 Å². The summed E-state index contributed by atoms with van der Waals surface area (Å²) in [5.74, 6) is 0.0210. The van der Waals surface area contributed by atoms with E-state index in [2.05, 4.69) is 0 Å². The molecule has 0 aliphatic heterocycles. The van der Waals surface area contributed by atoms with Gasteiger partial charge in [-0.1, -0.05) is 13.8 Å². The Labute approximate surface area is 78.2 Å². The quantitative estimate of drug-likeness (QED) is 0.676. The third-order valence-electron chi connectivity index (χ3n) is 1.64. The zero-order chi connectivity index (χ0) is 8.43. The average molecular weight is 190 g/mol. The summed E-state index contributed by atoms with van der Waals surface area (Å²) in [5.41, 5.74) is 6.80. The fourth-order valence-corrected chi connectivity index (χ4v) is 1.00.